The van der Waals surface area contributed by atoms with E-state index in [4.69, 9.17) is 5.11 Å². The molecule has 0 spiro atoms. The van der Waals surface area contributed by atoms with Crippen LogP contribution in [-0.2, 0) is 0 Å². The zero-order valence-corrected chi connectivity index (χ0v) is 10.2. The van der Waals surface area contributed by atoms with Crippen LogP contribution in [0.4, 0.5) is 0 Å². The van der Waals surface area contributed by atoms with Crippen molar-refractivity contribution >= 4 is 0 Å². The second kappa shape index (κ2) is 7.20. The van der Waals surface area contributed by atoms with Gasteiger partial charge in [-0.3, -0.25) is 0 Å². The third-order valence-corrected chi connectivity index (χ3v) is 3.38. The van der Waals surface area contributed by atoms with Crippen molar-refractivity contribution in [2.45, 2.75) is 39.2 Å². The van der Waals surface area contributed by atoms with Crippen molar-refractivity contribution < 1.29 is 5.11 Å². The van der Waals surface area contributed by atoms with E-state index in [1.807, 2.05) is 0 Å². The Morgan fingerprint density at radius 3 is 2.60 bits per heavy atom. The summed E-state index contributed by atoms with van der Waals surface area (Å²) in [6.45, 7) is 9.25. The molecule has 1 atom stereocenters. The highest BCUT2D eigenvalue weighted by Gasteiger charge is 2.16. The molecule has 1 aliphatic heterocycles. The predicted molar refractivity (Wildman–Crippen MR) is 64.0 cm³/mol. The highest BCUT2D eigenvalue weighted by Crippen LogP contribution is 2.16. The fraction of sp³-hybridized carbons (Fsp3) is 1.00. The van der Waals surface area contributed by atoms with E-state index in [1.54, 1.807) is 0 Å². The lowest BCUT2D eigenvalue weighted by molar-refractivity contribution is 0.169. The first kappa shape index (κ1) is 12.9. The van der Waals surface area contributed by atoms with Gasteiger partial charge in [-0.05, 0) is 51.4 Å². The first-order valence-electron chi connectivity index (χ1n) is 6.32. The molecule has 0 aliphatic carbocycles. The lowest BCUT2D eigenvalue weighted by Gasteiger charge is -2.31. The van der Waals surface area contributed by atoms with Gasteiger partial charge in [0, 0.05) is 6.04 Å². The summed E-state index contributed by atoms with van der Waals surface area (Å²) in [6, 6.07) is 0.286. The van der Waals surface area contributed by atoms with Crippen LogP contribution in [0.1, 0.15) is 33.1 Å². The summed E-state index contributed by atoms with van der Waals surface area (Å²) < 4.78 is 0. The smallest absolute Gasteiger partial charge is 0.0585 e. The largest absolute Gasteiger partial charge is 0.395 e. The van der Waals surface area contributed by atoms with Crippen LogP contribution in [0, 0.1) is 5.92 Å². The molecule has 15 heavy (non-hydrogen) atoms. The van der Waals surface area contributed by atoms with Crippen LogP contribution < -0.4 is 5.32 Å². The second-order valence-electron chi connectivity index (χ2n) is 4.75. The first-order valence-corrected chi connectivity index (χ1v) is 6.32. The molecule has 0 aromatic carbocycles. The number of hydrogen-bond acceptors (Lipinski definition) is 3. The minimum absolute atomic E-state index is 0.262. The van der Waals surface area contributed by atoms with Gasteiger partial charge in [-0.1, -0.05) is 13.8 Å². The zero-order valence-electron chi connectivity index (χ0n) is 10.2. The van der Waals surface area contributed by atoms with Gasteiger partial charge < -0.3 is 15.3 Å². The SMILES string of the molecule is CCNC(CO)CCN1CCC(C)CC1. The number of rotatable bonds is 6. The van der Waals surface area contributed by atoms with E-state index in [9.17, 15) is 0 Å². The van der Waals surface area contributed by atoms with Crippen LogP contribution in [0.5, 0.6) is 0 Å². The van der Waals surface area contributed by atoms with E-state index in [2.05, 4.69) is 24.1 Å². The Morgan fingerprint density at radius 2 is 2.07 bits per heavy atom. The van der Waals surface area contributed by atoms with Gasteiger partial charge in [-0.25, -0.2) is 0 Å². The molecular formula is C12H26N2O. The van der Waals surface area contributed by atoms with Crippen LogP contribution >= 0.6 is 0 Å². The molecule has 1 rings (SSSR count). The Labute approximate surface area is 93.9 Å². The Balaban J connectivity index is 2.12. The average Bonchev–Trinajstić information content (AvgIpc) is 2.26. The van der Waals surface area contributed by atoms with E-state index in [1.165, 1.54) is 25.9 Å². The van der Waals surface area contributed by atoms with Gasteiger partial charge in [0.1, 0.15) is 0 Å². The third-order valence-electron chi connectivity index (χ3n) is 3.38. The maximum Gasteiger partial charge on any atom is 0.0585 e. The molecule has 0 radical (unpaired) electrons. The van der Waals surface area contributed by atoms with Gasteiger partial charge >= 0.3 is 0 Å². The number of nitrogens with one attached hydrogen (secondary N) is 1. The van der Waals surface area contributed by atoms with Crippen LogP contribution in [0.2, 0.25) is 0 Å². The molecule has 0 bridgehead atoms. The van der Waals surface area contributed by atoms with E-state index >= 15 is 0 Å². The number of aliphatic hydroxyl groups is 1. The van der Waals surface area contributed by atoms with E-state index in [0.29, 0.717) is 0 Å². The second-order valence-corrected chi connectivity index (χ2v) is 4.75. The molecule has 3 nitrogen and oxygen atoms in total. The van der Waals surface area contributed by atoms with Crippen LogP contribution in [0.15, 0.2) is 0 Å². The number of hydrogen-bond donors (Lipinski definition) is 2. The summed E-state index contributed by atoms with van der Waals surface area (Å²) in [5.74, 6) is 0.906. The molecule has 1 unspecified atom stereocenters. The molecule has 1 aliphatic rings. The van der Waals surface area contributed by atoms with Gasteiger partial charge in [0.2, 0.25) is 0 Å². The van der Waals surface area contributed by atoms with Gasteiger partial charge in [-0.15, -0.1) is 0 Å². The number of piperidine rings is 1. The summed E-state index contributed by atoms with van der Waals surface area (Å²) in [5.41, 5.74) is 0. The fourth-order valence-corrected chi connectivity index (χ4v) is 2.17. The average molecular weight is 214 g/mol. The van der Waals surface area contributed by atoms with Crippen molar-refractivity contribution in [1.82, 2.24) is 10.2 Å². The van der Waals surface area contributed by atoms with Crippen LogP contribution in [0.3, 0.4) is 0 Å². The monoisotopic (exact) mass is 214 g/mol. The van der Waals surface area contributed by atoms with Gasteiger partial charge in [-0.2, -0.15) is 0 Å². The molecule has 1 fully saturated rings. The van der Waals surface area contributed by atoms with E-state index in [-0.39, 0.29) is 12.6 Å². The van der Waals surface area contributed by atoms with Gasteiger partial charge in [0.05, 0.1) is 6.61 Å². The standard InChI is InChI=1S/C12H26N2O/c1-3-13-12(10-15)6-9-14-7-4-11(2)5-8-14/h11-13,15H,3-10H2,1-2H3. The molecule has 0 aromatic rings. The minimum atomic E-state index is 0.262. The number of nitrogens with zero attached hydrogens (tertiary/aromatic N) is 1. The number of likely N-dealkylation sites (tertiary alicyclic amines) is 1. The van der Waals surface area contributed by atoms with Crippen LogP contribution in [0.25, 0.3) is 0 Å². The molecular weight excluding hydrogens is 188 g/mol. The van der Waals surface area contributed by atoms with Crippen molar-refractivity contribution in [2.75, 3.05) is 32.8 Å². The van der Waals surface area contributed by atoms with Crippen molar-refractivity contribution in [2.24, 2.45) is 5.92 Å². The molecule has 1 saturated heterocycles. The van der Waals surface area contributed by atoms with E-state index < -0.39 is 0 Å². The highest BCUT2D eigenvalue weighted by atomic mass is 16.3. The molecule has 0 aromatic heterocycles. The van der Waals surface area contributed by atoms with Crippen LogP contribution in [-0.4, -0.2) is 48.8 Å². The summed E-state index contributed by atoms with van der Waals surface area (Å²) in [4.78, 5) is 2.53. The van der Waals surface area contributed by atoms with Crippen molar-refractivity contribution in [3.63, 3.8) is 0 Å². The quantitative estimate of drug-likeness (QED) is 0.694. The first-order chi connectivity index (χ1) is 7.26. The molecule has 90 valence electrons. The Kier molecular flexibility index (Phi) is 6.22. The van der Waals surface area contributed by atoms with Gasteiger partial charge in [0.25, 0.3) is 0 Å². The van der Waals surface area contributed by atoms with Gasteiger partial charge in [0.15, 0.2) is 0 Å². The van der Waals surface area contributed by atoms with Crippen molar-refractivity contribution in [3.8, 4) is 0 Å². The number of aliphatic hydroxyl groups excluding tert-OH is 1. The molecule has 3 heteroatoms. The summed E-state index contributed by atoms with van der Waals surface area (Å²) >= 11 is 0. The normalized spacial score (nSPS) is 21.8. The Bertz CT molecular complexity index is 156. The van der Waals surface area contributed by atoms with Crippen molar-refractivity contribution in [1.29, 1.82) is 0 Å². The Morgan fingerprint density at radius 1 is 1.40 bits per heavy atom. The minimum Gasteiger partial charge on any atom is -0.395 e. The van der Waals surface area contributed by atoms with Crippen molar-refractivity contribution in [3.05, 3.63) is 0 Å². The maximum atomic E-state index is 9.15. The summed E-state index contributed by atoms with van der Waals surface area (Å²) in [7, 11) is 0. The predicted octanol–water partition coefficient (Wildman–Crippen LogP) is 1.08. The molecule has 0 saturated carbocycles. The summed E-state index contributed by atoms with van der Waals surface area (Å²) in [5, 5.41) is 12.5. The maximum absolute atomic E-state index is 9.15. The fourth-order valence-electron chi connectivity index (χ4n) is 2.17. The van der Waals surface area contributed by atoms with E-state index in [0.717, 1.165) is 25.4 Å². The highest BCUT2D eigenvalue weighted by molar-refractivity contribution is 4.72. The zero-order chi connectivity index (χ0) is 11.1. The lowest BCUT2D eigenvalue weighted by Crippen LogP contribution is -2.39. The molecule has 1 heterocycles. The molecule has 0 amide bonds. The summed E-state index contributed by atoms with van der Waals surface area (Å²) in [6.07, 6.45) is 3.74. The number of likely N-dealkylation sites (N-methyl/N-ethyl adjacent to an activating group) is 1. The Hall–Kier alpha value is -0.120. The lowest BCUT2D eigenvalue weighted by atomic mass is 9.99. The topological polar surface area (TPSA) is 35.5 Å². The molecule has 2 N–H and O–H groups in total. The third kappa shape index (κ3) is 4.96.